The van der Waals surface area contributed by atoms with Crippen LogP contribution in [0.25, 0.3) is 0 Å². The second kappa shape index (κ2) is 9.64. The van der Waals surface area contributed by atoms with Gasteiger partial charge in [-0.3, -0.25) is 4.79 Å². The molecule has 0 aliphatic heterocycles. The fraction of sp³-hybridized carbons (Fsp3) is 0.562. The lowest BCUT2D eigenvalue weighted by atomic mass is 10.1. The van der Waals surface area contributed by atoms with E-state index in [2.05, 4.69) is 29.7 Å². The van der Waals surface area contributed by atoms with Gasteiger partial charge in [0.05, 0.1) is 0 Å². The summed E-state index contributed by atoms with van der Waals surface area (Å²) in [5.41, 5.74) is 3.34. The Labute approximate surface area is 134 Å². The van der Waals surface area contributed by atoms with Gasteiger partial charge in [-0.1, -0.05) is 24.6 Å². The van der Waals surface area contributed by atoms with Gasteiger partial charge in [-0.05, 0) is 45.4 Å². The van der Waals surface area contributed by atoms with E-state index < -0.39 is 0 Å². The Morgan fingerprint density at radius 3 is 2.33 bits per heavy atom. The first-order chi connectivity index (χ1) is 9.43. The van der Waals surface area contributed by atoms with Gasteiger partial charge < -0.3 is 15.4 Å². The van der Waals surface area contributed by atoms with E-state index in [1.54, 1.807) is 0 Å². The fourth-order valence-corrected chi connectivity index (χ4v) is 2.27. The number of likely N-dealkylation sites (N-methyl/N-ethyl adjacent to an activating group) is 1. The maximum Gasteiger partial charge on any atom is 0.257 e. The molecule has 0 aliphatic rings. The van der Waals surface area contributed by atoms with Crippen molar-refractivity contribution in [2.75, 3.05) is 19.7 Å². The monoisotopic (exact) mass is 314 g/mol. The number of rotatable bonds is 7. The van der Waals surface area contributed by atoms with Crippen molar-refractivity contribution in [3.63, 3.8) is 0 Å². The largest absolute Gasteiger partial charge is 0.483 e. The van der Waals surface area contributed by atoms with Crippen molar-refractivity contribution >= 4 is 18.3 Å². The lowest BCUT2D eigenvalue weighted by Crippen LogP contribution is -2.40. The highest BCUT2D eigenvalue weighted by Gasteiger charge is 2.09. The Balaban J connectivity index is 0.00000400. The maximum absolute atomic E-state index is 11.8. The first-order valence-corrected chi connectivity index (χ1v) is 7.14. The smallest absolute Gasteiger partial charge is 0.257 e. The molecule has 120 valence electrons. The predicted octanol–water partition coefficient (Wildman–Crippen LogP) is 2.53. The third kappa shape index (κ3) is 6.82. The van der Waals surface area contributed by atoms with E-state index in [9.17, 15) is 4.79 Å². The number of amides is 1. The first-order valence-electron chi connectivity index (χ1n) is 7.14. The lowest BCUT2D eigenvalue weighted by Gasteiger charge is -2.15. The molecule has 0 heterocycles. The molecule has 0 saturated carbocycles. The van der Waals surface area contributed by atoms with Gasteiger partial charge in [0.25, 0.3) is 5.91 Å². The van der Waals surface area contributed by atoms with Crippen LogP contribution in [0.4, 0.5) is 0 Å². The standard InChI is InChI=1S/C16H26N2O2.ClH/c1-6-17-14(5)9-18-15(19)10-20-16-12(3)7-11(2)8-13(16)4;/h7-8,14,17H,6,9-10H2,1-5H3,(H,18,19);1H/t14-;/m1./s1. The second-order valence-electron chi connectivity index (χ2n) is 5.28. The van der Waals surface area contributed by atoms with Crippen LogP contribution in [0.5, 0.6) is 5.75 Å². The average Bonchev–Trinajstić information content (AvgIpc) is 2.35. The molecule has 1 amide bonds. The topological polar surface area (TPSA) is 50.4 Å². The summed E-state index contributed by atoms with van der Waals surface area (Å²) in [4.78, 5) is 11.8. The van der Waals surface area contributed by atoms with Crippen molar-refractivity contribution in [1.29, 1.82) is 0 Å². The van der Waals surface area contributed by atoms with Crippen molar-refractivity contribution in [3.05, 3.63) is 28.8 Å². The number of carbonyl (C=O) groups excluding carboxylic acids is 1. The Morgan fingerprint density at radius 1 is 1.24 bits per heavy atom. The van der Waals surface area contributed by atoms with E-state index in [0.717, 1.165) is 23.4 Å². The Bertz CT molecular complexity index is 441. The van der Waals surface area contributed by atoms with Crippen molar-refractivity contribution in [2.45, 2.75) is 40.7 Å². The minimum absolute atomic E-state index is 0. The van der Waals surface area contributed by atoms with Crippen LogP contribution in [0, 0.1) is 20.8 Å². The van der Waals surface area contributed by atoms with Gasteiger partial charge in [0.15, 0.2) is 6.61 Å². The predicted molar refractivity (Wildman–Crippen MR) is 89.5 cm³/mol. The Morgan fingerprint density at radius 2 is 1.81 bits per heavy atom. The summed E-state index contributed by atoms with van der Waals surface area (Å²) in [6.07, 6.45) is 0. The number of aryl methyl sites for hydroxylation is 3. The molecule has 0 unspecified atom stereocenters. The molecule has 21 heavy (non-hydrogen) atoms. The van der Waals surface area contributed by atoms with Crippen LogP contribution in [-0.2, 0) is 4.79 Å². The van der Waals surface area contributed by atoms with Crippen molar-refractivity contribution in [3.8, 4) is 5.75 Å². The zero-order chi connectivity index (χ0) is 15.1. The minimum Gasteiger partial charge on any atom is -0.483 e. The molecule has 1 aromatic carbocycles. The molecule has 0 aliphatic carbocycles. The third-order valence-electron chi connectivity index (χ3n) is 3.11. The highest BCUT2D eigenvalue weighted by atomic mass is 35.5. The summed E-state index contributed by atoms with van der Waals surface area (Å²) >= 11 is 0. The van der Waals surface area contributed by atoms with Crippen LogP contribution in [0.2, 0.25) is 0 Å². The van der Waals surface area contributed by atoms with Crippen LogP contribution in [-0.4, -0.2) is 31.6 Å². The number of benzene rings is 1. The summed E-state index contributed by atoms with van der Waals surface area (Å²) in [7, 11) is 0. The van der Waals surface area contributed by atoms with Crippen LogP contribution in [0.1, 0.15) is 30.5 Å². The average molecular weight is 315 g/mol. The van der Waals surface area contributed by atoms with Gasteiger partial charge in [-0.2, -0.15) is 0 Å². The molecule has 0 saturated heterocycles. The van der Waals surface area contributed by atoms with Gasteiger partial charge in [0, 0.05) is 12.6 Å². The molecule has 0 spiro atoms. The quantitative estimate of drug-likeness (QED) is 0.813. The summed E-state index contributed by atoms with van der Waals surface area (Å²) in [6.45, 7) is 11.7. The Kier molecular flexibility index (Phi) is 9.06. The SMILES string of the molecule is CCN[C@H](C)CNC(=O)COc1c(C)cc(C)cc1C.Cl. The molecule has 0 aromatic heterocycles. The summed E-state index contributed by atoms with van der Waals surface area (Å²) in [5, 5.41) is 6.10. The number of hydrogen-bond acceptors (Lipinski definition) is 3. The Hall–Kier alpha value is -1.26. The molecular formula is C16H27ClN2O2. The van der Waals surface area contributed by atoms with Crippen molar-refractivity contribution < 1.29 is 9.53 Å². The summed E-state index contributed by atoms with van der Waals surface area (Å²) in [6, 6.07) is 4.40. The van der Waals surface area contributed by atoms with Gasteiger partial charge >= 0.3 is 0 Å². The molecule has 4 nitrogen and oxygen atoms in total. The van der Waals surface area contributed by atoms with E-state index in [4.69, 9.17) is 4.74 Å². The van der Waals surface area contributed by atoms with Crippen LogP contribution >= 0.6 is 12.4 Å². The van der Waals surface area contributed by atoms with Gasteiger partial charge in [0.2, 0.25) is 0 Å². The fourth-order valence-electron chi connectivity index (χ4n) is 2.27. The number of halogens is 1. The molecule has 1 rings (SSSR count). The molecule has 2 N–H and O–H groups in total. The van der Waals surface area contributed by atoms with E-state index in [1.807, 2.05) is 27.7 Å². The zero-order valence-electron chi connectivity index (χ0n) is 13.6. The molecule has 5 heteroatoms. The number of hydrogen-bond donors (Lipinski definition) is 2. The zero-order valence-corrected chi connectivity index (χ0v) is 14.4. The third-order valence-corrected chi connectivity index (χ3v) is 3.11. The van der Waals surface area contributed by atoms with Crippen LogP contribution in [0.15, 0.2) is 12.1 Å². The molecule has 0 radical (unpaired) electrons. The number of nitrogens with one attached hydrogen (secondary N) is 2. The molecule has 0 bridgehead atoms. The maximum atomic E-state index is 11.8. The van der Waals surface area contributed by atoms with E-state index >= 15 is 0 Å². The van der Waals surface area contributed by atoms with Gasteiger partial charge in [-0.25, -0.2) is 0 Å². The summed E-state index contributed by atoms with van der Waals surface area (Å²) in [5.74, 6) is 0.722. The van der Waals surface area contributed by atoms with Gasteiger partial charge in [0.1, 0.15) is 5.75 Å². The number of ether oxygens (including phenoxy) is 1. The number of carbonyl (C=O) groups is 1. The second-order valence-corrected chi connectivity index (χ2v) is 5.28. The lowest BCUT2D eigenvalue weighted by molar-refractivity contribution is -0.123. The van der Waals surface area contributed by atoms with Crippen LogP contribution in [0.3, 0.4) is 0 Å². The highest BCUT2D eigenvalue weighted by Crippen LogP contribution is 2.24. The first kappa shape index (κ1) is 19.7. The van der Waals surface area contributed by atoms with Crippen LogP contribution < -0.4 is 15.4 Å². The molecule has 1 aromatic rings. The van der Waals surface area contributed by atoms with E-state index in [-0.39, 0.29) is 31.0 Å². The van der Waals surface area contributed by atoms with Gasteiger partial charge in [-0.15, -0.1) is 12.4 Å². The molecule has 1 atom stereocenters. The minimum atomic E-state index is -0.0888. The molecule has 0 fully saturated rings. The van der Waals surface area contributed by atoms with Crippen molar-refractivity contribution in [1.82, 2.24) is 10.6 Å². The molecular weight excluding hydrogens is 288 g/mol. The normalized spacial score (nSPS) is 11.5. The van der Waals surface area contributed by atoms with E-state index in [0.29, 0.717) is 6.54 Å². The van der Waals surface area contributed by atoms with Crippen molar-refractivity contribution in [2.24, 2.45) is 0 Å². The van der Waals surface area contributed by atoms with E-state index in [1.165, 1.54) is 5.56 Å². The highest BCUT2D eigenvalue weighted by molar-refractivity contribution is 5.85. The summed E-state index contributed by atoms with van der Waals surface area (Å²) < 4.78 is 5.64.